The molecule has 19 heavy (non-hydrogen) atoms. The molecule has 0 amide bonds. The van der Waals surface area contributed by atoms with Crippen LogP contribution in [0.25, 0.3) is 0 Å². The minimum absolute atomic E-state index is 0.763. The number of nitrogens with zero attached hydrogens (tertiary/aromatic N) is 1. The van der Waals surface area contributed by atoms with Gasteiger partial charge in [0.15, 0.2) is 0 Å². The van der Waals surface area contributed by atoms with E-state index in [4.69, 9.17) is 10.5 Å². The van der Waals surface area contributed by atoms with Crippen molar-refractivity contribution < 1.29 is 4.74 Å². The zero-order chi connectivity index (χ0) is 13.5. The molecule has 3 heteroatoms. The summed E-state index contributed by atoms with van der Waals surface area (Å²) in [7, 11) is 0. The number of likely N-dealkylation sites (tertiary alicyclic amines) is 1. The molecule has 2 rings (SSSR count). The molecule has 1 aromatic carbocycles. The summed E-state index contributed by atoms with van der Waals surface area (Å²) in [5.74, 6) is 0.880. The molecule has 1 aliphatic rings. The standard InChI is InChI=1S/C16H26N2O/c1-2-15-8-3-4-10-18(15)11-6-12-19-16-9-5-7-14(17)13-16/h5,7,9,13,15H,2-4,6,8,10-12,17H2,1H3. The van der Waals surface area contributed by atoms with Crippen molar-refractivity contribution in [2.45, 2.75) is 45.1 Å². The van der Waals surface area contributed by atoms with Crippen molar-refractivity contribution in [3.05, 3.63) is 24.3 Å². The Morgan fingerprint density at radius 3 is 3.05 bits per heavy atom. The van der Waals surface area contributed by atoms with Gasteiger partial charge in [-0.05, 0) is 44.4 Å². The highest BCUT2D eigenvalue weighted by Crippen LogP contribution is 2.19. The van der Waals surface area contributed by atoms with Gasteiger partial charge in [-0.15, -0.1) is 0 Å². The number of benzene rings is 1. The topological polar surface area (TPSA) is 38.5 Å². The third-order valence-electron chi connectivity index (χ3n) is 3.94. The molecular formula is C16H26N2O. The first-order valence-electron chi connectivity index (χ1n) is 7.52. The summed E-state index contributed by atoms with van der Waals surface area (Å²) in [6.07, 6.45) is 6.48. The number of piperidine rings is 1. The molecule has 3 nitrogen and oxygen atoms in total. The first-order chi connectivity index (χ1) is 9.29. The second kappa shape index (κ2) is 7.39. The molecule has 0 spiro atoms. The Kier molecular flexibility index (Phi) is 5.52. The fraction of sp³-hybridized carbons (Fsp3) is 0.625. The van der Waals surface area contributed by atoms with Crippen LogP contribution in [0.1, 0.15) is 39.0 Å². The predicted molar refractivity (Wildman–Crippen MR) is 80.5 cm³/mol. The second-order valence-electron chi connectivity index (χ2n) is 5.37. The van der Waals surface area contributed by atoms with E-state index in [1.165, 1.54) is 32.2 Å². The molecule has 0 aliphatic carbocycles. The van der Waals surface area contributed by atoms with Crippen molar-refractivity contribution in [1.29, 1.82) is 0 Å². The summed E-state index contributed by atoms with van der Waals surface area (Å²) in [6.45, 7) is 5.49. The molecular weight excluding hydrogens is 236 g/mol. The maximum atomic E-state index is 5.74. The summed E-state index contributed by atoms with van der Waals surface area (Å²) in [5.41, 5.74) is 6.49. The van der Waals surface area contributed by atoms with Crippen LogP contribution in [0.2, 0.25) is 0 Å². The fourth-order valence-electron chi connectivity index (χ4n) is 2.88. The van der Waals surface area contributed by atoms with Crippen LogP contribution in [0.3, 0.4) is 0 Å². The number of rotatable bonds is 6. The van der Waals surface area contributed by atoms with Crippen molar-refractivity contribution in [2.75, 3.05) is 25.4 Å². The zero-order valence-electron chi connectivity index (χ0n) is 12.0. The van der Waals surface area contributed by atoms with Gasteiger partial charge in [0.25, 0.3) is 0 Å². The normalized spacial score (nSPS) is 20.4. The molecule has 1 fully saturated rings. The monoisotopic (exact) mass is 262 g/mol. The van der Waals surface area contributed by atoms with Gasteiger partial charge in [-0.2, -0.15) is 0 Å². The molecule has 1 heterocycles. The van der Waals surface area contributed by atoms with E-state index in [1.807, 2.05) is 24.3 Å². The Labute approximate surface area is 116 Å². The van der Waals surface area contributed by atoms with E-state index in [9.17, 15) is 0 Å². The lowest BCUT2D eigenvalue weighted by molar-refractivity contribution is 0.134. The van der Waals surface area contributed by atoms with Crippen molar-refractivity contribution in [3.63, 3.8) is 0 Å². The predicted octanol–water partition coefficient (Wildman–Crippen LogP) is 3.30. The highest BCUT2D eigenvalue weighted by Gasteiger charge is 2.19. The summed E-state index contributed by atoms with van der Waals surface area (Å²) >= 11 is 0. The minimum Gasteiger partial charge on any atom is -0.493 e. The van der Waals surface area contributed by atoms with Crippen molar-refractivity contribution in [2.24, 2.45) is 0 Å². The van der Waals surface area contributed by atoms with E-state index in [2.05, 4.69) is 11.8 Å². The lowest BCUT2D eigenvalue weighted by atomic mass is 10.00. The minimum atomic E-state index is 0.763. The lowest BCUT2D eigenvalue weighted by Crippen LogP contribution is -2.40. The van der Waals surface area contributed by atoms with Crippen LogP contribution in [0.5, 0.6) is 5.75 Å². The fourth-order valence-corrected chi connectivity index (χ4v) is 2.88. The Bertz CT molecular complexity index is 381. The summed E-state index contributed by atoms with van der Waals surface area (Å²) in [5, 5.41) is 0. The Morgan fingerprint density at radius 1 is 1.37 bits per heavy atom. The summed E-state index contributed by atoms with van der Waals surface area (Å²) in [6, 6.07) is 8.46. The Balaban J connectivity index is 1.68. The smallest absolute Gasteiger partial charge is 0.121 e. The number of anilines is 1. The van der Waals surface area contributed by atoms with Crippen molar-refractivity contribution >= 4 is 5.69 Å². The number of hydrogen-bond acceptors (Lipinski definition) is 3. The summed E-state index contributed by atoms with van der Waals surface area (Å²) in [4.78, 5) is 2.63. The average molecular weight is 262 g/mol. The molecule has 0 aromatic heterocycles. The number of nitrogens with two attached hydrogens (primary N) is 1. The first kappa shape index (κ1) is 14.2. The van der Waals surface area contributed by atoms with E-state index in [0.717, 1.165) is 37.1 Å². The zero-order valence-corrected chi connectivity index (χ0v) is 12.0. The van der Waals surface area contributed by atoms with Crippen molar-refractivity contribution in [3.8, 4) is 5.75 Å². The quantitative estimate of drug-likeness (QED) is 0.631. The van der Waals surface area contributed by atoms with Gasteiger partial charge in [-0.1, -0.05) is 19.4 Å². The number of nitrogen functional groups attached to an aromatic ring is 1. The molecule has 106 valence electrons. The third kappa shape index (κ3) is 4.43. The van der Waals surface area contributed by atoms with E-state index in [1.54, 1.807) is 0 Å². The van der Waals surface area contributed by atoms with Gasteiger partial charge >= 0.3 is 0 Å². The highest BCUT2D eigenvalue weighted by atomic mass is 16.5. The second-order valence-corrected chi connectivity index (χ2v) is 5.37. The van der Waals surface area contributed by atoms with Crippen LogP contribution in [-0.4, -0.2) is 30.6 Å². The van der Waals surface area contributed by atoms with E-state index in [0.29, 0.717) is 0 Å². The molecule has 1 unspecified atom stereocenters. The molecule has 1 saturated heterocycles. The summed E-state index contributed by atoms with van der Waals surface area (Å²) < 4.78 is 5.74. The molecule has 1 aliphatic heterocycles. The van der Waals surface area contributed by atoms with Gasteiger partial charge in [-0.25, -0.2) is 0 Å². The molecule has 0 bridgehead atoms. The van der Waals surface area contributed by atoms with Gasteiger partial charge in [0.2, 0.25) is 0 Å². The molecule has 0 radical (unpaired) electrons. The van der Waals surface area contributed by atoms with Crippen LogP contribution >= 0.6 is 0 Å². The third-order valence-corrected chi connectivity index (χ3v) is 3.94. The van der Waals surface area contributed by atoms with Gasteiger partial charge in [-0.3, -0.25) is 0 Å². The van der Waals surface area contributed by atoms with Crippen LogP contribution in [-0.2, 0) is 0 Å². The van der Waals surface area contributed by atoms with E-state index >= 15 is 0 Å². The van der Waals surface area contributed by atoms with Crippen LogP contribution in [0.15, 0.2) is 24.3 Å². The van der Waals surface area contributed by atoms with Gasteiger partial charge in [0, 0.05) is 24.3 Å². The molecule has 1 atom stereocenters. The van der Waals surface area contributed by atoms with E-state index in [-0.39, 0.29) is 0 Å². The Hall–Kier alpha value is -1.22. The molecule has 2 N–H and O–H groups in total. The number of hydrogen-bond donors (Lipinski definition) is 1. The van der Waals surface area contributed by atoms with Crippen molar-refractivity contribution in [1.82, 2.24) is 4.90 Å². The number of ether oxygens (including phenoxy) is 1. The highest BCUT2D eigenvalue weighted by molar-refractivity contribution is 5.43. The van der Waals surface area contributed by atoms with Crippen LogP contribution < -0.4 is 10.5 Å². The lowest BCUT2D eigenvalue weighted by Gasteiger charge is -2.35. The Morgan fingerprint density at radius 2 is 2.26 bits per heavy atom. The average Bonchev–Trinajstić information content (AvgIpc) is 2.44. The van der Waals surface area contributed by atoms with Gasteiger partial charge in [0.1, 0.15) is 5.75 Å². The molecule has 0 saturated carbocycles. The molecule has 1 aromatic rings. The van der Waals surface area contributed by atoms with Gasteiger partial charge in [0.05, 0.1) is 6.61 Å². The maximum absolute atomic E-state index is 5.74. The largest absolute Gasteiger partial charge is 0.493 e. The maximum Gasteiger partial charge on any atom is 0.121 e. The van der Waals surface area contributed by atoms with Gasteiger partial charge < -0.3 is 15.4 Å². The SMILES string of the molecule is CCC1CCCCN1CCCOc1cccc(N)c1. The van der Waals surface area contributed by atoms with Crippen LogP contribution in [0, 0.1) is 0 Å². The van der Waals surface area contributed by atoms with Crippen LogP contribution in [0.4, 0.5) is 5.69 Å². The first-order valence-corrected chi connectivity index (χ1v) is 7.52. The van der Waals surface area contributed by atoms with E-state index < -0.39 is 0 Å².